The van der Waals surface area contributed by atoms with Gasteiger partial charge in [0.1, 0.15) is 36.7 Å². The van der Waals surface area contributed by atoms with Crippen molar-refractivity contribution in [3.8, 4) is 29.5 Å². The Hall–Kier alpha value is -5.17. The van der Waals surface area contributed by atoms with Gasteiger partial charge in [0, 0.05) is 25.0 Å². The van der Waals surface area contributed by atoms with E-state index < -0.39 is 5.82 Å². The first kappa shape index (κ1) is 34.2. The lowest BCUT2D eigenvalue weighted by molar-refractivity contribution is 0.0672. The Labute approximate surface area is 288 Å². The molecule has 0 aliphatic carbocycles. The summed E-state index contributed by atoms with van der Waals surface area (Å²) in [5.74, 6) is -0.112. The number of aromatic nitrogens is 3. The summed E-state index contributed by atoms with van der Waals surface area (Å²) in [4.78, 5) is 27.6. The number of benzene rings is 2. The quantitative estimate of drug-likeness (QED) is 0.0792. The number of aliphatic imine (C=N–C) groups is 1. The first-order chi connectivity index (χ1) is 23.5. The molecule has 0 unspecified atom stereocenters. The molecule has 0 atom stereocenters. The van der Waals surface area contributed by atoms with Gasteiger partial charge in [-0.3, -0.25) is 0 Å². The number of para-hydroxylation sites is 2. The summed E-state index contributed by atoms with van der Waals surface area (Å²) >= 11 is 13.4. The zero-order valence-electron chi connectivity index (χ0n) is 25.1. The third-order valence-corrected chi connectivity index (χ3v) is 7.76. The monoisotopic (exact) mass is 710 g/mol. The molecule has 4 heterocycles. The van der Waals surface area contributed by atoms with E-state index >= 15 is 4.39 Å². The van der Waals surface area contributed by atoms with E-state index in [1.165, 1.54) is 7.11 Å². The molecule has 17 heteroatoms. The number of rotatable bonds is 9. The fourth-order valence-electron chi connectivity index (χ4n) is 4.13. The Kier molecular flexibility index (Phi) is 12.2. The predicted molar refractivity (Wildman–Crippen MR) is 178 cm³/mol. The van der Waals surface area contributed by atoms with Crippen LogP contribution in [0.4, 0.5) is 4.39 Å². The average Bonchev–Trinajstić information content (AvgIpc) is 3.55. The van der Waals surface area contributed by atoms with E-state index in [0.29, 0.717) is 22.3 Å². The Morgan fingerprint density at radius 2 is 1.77 bits per heavy atom. The van der Waals surface area contributed by atoms with Crippen LogP contribution in [0.25, 0.3) is 0 Å². The third kappa shape index (κ3) is 9.00. The van der Waals surface area contributed by atoms with Crippen LogP contribution in [0, 0.1) is 17.3 Å². The highest BCUT2D eigenvalue weighted by molar-refractivity contribution is 8.14. The summed E-state index contributed by atoms with van der Waals surface area (Å²) in [6.07, 6.45) is 4.68. The predicted octanol–water partition coefficient (Wildman–Crippen LogP) is 6.69. The van der Waals surface area contributed by atoms with Crippen molar-refractivity contribution in [1.29, 1.82) is 5.26 Å². The van der Waals surface area contributed by atoms with Crippen molar-refractivity contribution in [2.45, 2.75) is 6.54 Å². The Morgan fingerprint density at radius 3 is 2.46 bits per heavy atom. The minimum absolute atomic E-state index is 0.0973. The standard InChI is InChI=1S/C21H16ClFN4O5.C10H9ClN4S/c1-28-26-18(21-27-30-11-10-29-21)13-6-2-4-8-15(13)31-19-17(23)20(25-12-24-19)32-16-9-5-3-7-14(16)22;11-9-2-1-8(5-13-9)6-15-3-4-16-10(15)14-7-12/h2-9,12H,10-11H2,1H3;1-2,5H,3-4,6H2/b26-18+;14-10-. The lowest BCUT2D eigenvalue weighted by Crippen LogP contribution is -2.25. The number of nitrogens with zero attached hydrogens (tertiary/aromatic N) is 8. The fraction of sp³-hybridized carbons (Fsp3) is 0.194. The van der Waals surface area contributed by atoms with E-state index in [2.05, 4.69) is 35.2 Å². The van der Waals surface area contributed by atoms with Crippen LogP contribution in [-0.2, 0) is 21.0 Å². The molecule has 2 aliphatic heterocycles. The third-order valence-electron chi connectivity index (χ3n) is 6.23. The molecule has 0 amide bonds. The maximum Gasteiger partial charge on any atom is 0.280 e. The van der Waals surface area contributed by atoms with E-state index in [0.717, 1.165) is 35.9 Å². The normalized spacial score (nSPS) is 14.9. The number of amidine groups is 1. The number of ether oxygens (including phenoxy) is 3. The molecule has 0 saturated carbocycles. The highest BCUT2D eigenvalue weighted by Gasteiger charge is 2.24. The number of hydrogen-bond acceptors (Lipinski definition) is 13. The van der Waals surface area contributed by atoms with E-state index in [1.54, 1.807) is 72.6 Å². The lowest BCUT2D eigenvalue weighted by atomic mass is 10.1. The van der Waals surface area contributed by atoms with Gasteiger partial charge in [0.05, 0.1) is 10.6 Å². The van der Waals surface area contributed by atoms with Crippen molar-refractivity contribution in [3.63, 3.8) is 0 Å². The minimum atomic E-state index is -0.915. The average molecular weight is 712 g/mol. The van der Waals surface area contributed by atoms with Crippen LogP contribution < -0.4 is 9.47 Å². The second-order valence-corrected chi connectivity index (χ2v) is 11.2. The van der Waals surface area contributed by atoms with E-state index in [4.69, 9.17) is 52.3 Å². The summed E-state index contributed by atoms with van der Waals surface area (Å²) in [6, 6.07) is 17.0. The van der Waals surface area contributed by atoms with Crippen LogP contribution in [0.3, 0.4) is 0 Å². The van der Waals surface area contributed by atoms with Crippen LogP contribution in [0.2, 0.25) is 10.2 Å². The maximum absolute atomic E-state index is 15.1. The molecule has 2 aromatic carbocycles. The molecule has 0 spiro atoms. The fourth-order valence-corrected chi connectivity index (χ4v) is 5.35. The summed E-state index contributed by atoms with van der Waals surface area (Å²) in [5, 5.41) is 17.9. The van der Waals surface area contributed by atoms with E-state index in [-0.39, 0.29) is 41.5 Å². The molecule has 0 radical (unpaired) electrons. The highest BCUT2D eigenvalue weighted by Crippen LogP contribution is 2.34. The van der Waals surface area contributed by atoms with Crippen LogP contribution >= 0.6 is 35.0 Å². The van der Waals surface area contributed by atoms with E-state index in [1.807, 2.05) is 12.3 Å². The summed E-state index contributed by atoms with van der Waals surface area (Å²) in [5.41, 5.74) is 1.67. The molecule has 0 bridgehead atoms. The van der Waals surface area contributed by atoms with Crippen molar-refractivity contribution in [3.05, 3.63) is 100 Å². The van der Waals surface area contributed by atoms with Gasteiger partial charge in [-0.1, -0.05) is 70.5 Å². The molecule has 48 heavy (non-hydrogen) atoms. The van der Waals surface area contributed by atoms with Gasteiger partial charge in [-0.2, -0.15) is 19.6 Å². The van der Waals surface area contributed by atoms with Crippen LogP contribution in [0.5, 0.6) is 23.3 Å². The van der Waals surface area contributed by atoms with Gasteiger partial charge in [-0.05, 0) is 41.1 Å². The maximum atomic E-state index is 15.1. The van der Waals surface area contributed by atoms with Gasteiger partial charge < -0.3 is 28.8 Å². The molecule has 6 rings (SSSR count). The summed E-state index contributed by atoms with van der Waals surface area (Å²) < 4.78 is 31.8. The SMILES string of the molecule is CO/N=C(/C1=NOCCO1)c1ccccc1Oc1ncnc(Oc2ccccc2Cl)c1F.N#C/N=C1\SCCN1Cc1ccc(Cl)nc1. The van der Waals surface area contributed by atoms with Gasteiger partial charge in [0.2, 0.25) is 12.0 Å². The number of hydrogen-bond donors (Lipinski definition) is 0. The van der Waals surface area contributed by atoms with Crippen molar-refractivity contribution in [2.75, 3.05) is 32.6 Å². The van der Waals surface area contributed by atoms with Gasteiger partial charge in [0.25, 0.3) is 17.7 Å². The molecular formula is C31H25Cl2FN8O5S. The van der Waals surface area contributed by atoms with Gasteiger partial charge >= 0.3 is 0 Å². The van der Waals surface area contributed by atoms with Crippen LogP contribution in [0.15, 0.2) is 88.5 Å². The van der Waals surface area contributed by atoms with Gasteiger partial charge in [0.15, 0.2) is 17.5 Å². The van der Waals surface area contributed by atoms with Crippen molar-refractivity contribution < 1.29 is 28.3 Å². The molecule has 2 aliphatic rings. The Morgan fingerprint density at radius 1 is 1.02 bits per heavy atom. The largest absolute Gasteiger partial charge is 0.470 e. The molecule has 0 N–H and O–H groups in total. The first-order valence-corrected chi connectivity index (χ1v) is 15.8. The number of halogens is 3. The number of pyridine rings is 1. The second kappa shape index (κ2) is 17.1. The first-order valence-electron chi connectivity index (χ1n) is 14.1. The molecule has 246 valence electrons. The molecule has 4 aromatic rings. The van der Waals surface area contributed by atoms with Gasteiger partial charge in [-0.25, -0.2) is 4.98 Å². The molecule has 2 aromatic heterocycles. The van der Waals surface area contributed by atoms with E-state index in [9.17, 15) is 0 Å². The van der Waals surface area contributed by atoms with Crippen molar-refractivity contribution in [1.82, 2.24) is 19.9 Å². The van der Waals surface area contributed by atoms with Crippen molar-refractivity contribution >= 4 is 51.7 Å². The minimum Gasteiger partial charge on any atom is -0.470 e. The number of nitriles is 1. The molecule has 13 nitrogen and oxygen atoms in total. The van der Waals surface area contributed by atoms with Crippen LogP contribution in [-0.4, -0.2) is 69.3 Å². The highest BCUT2D eigenvalue weighted by atomic mass is 35.5. The van der Waals surface area contributed by atoms with Crippen LogP contribution in [0.1, 0.15) is 11.1 Å². The van der Waals surface area contributed by atoms with Crippen molar-refractivity contribution in [2.24, 2.45) is 15.3 Å². The zero-order chi connectivity index (χ0) is 33.7. The topological polar surface area (TPSA) is 149 Å². The Bertz CT molecular complexity index is 1860. The lowest BCUT2D eigenvalue weighted by Gasteiger charge is -2.17. The summed E-state index contributed by atoms with van der Waals surface area (Å²) in [6.45, 7) is 2.22. The smallest absolute Gasteiger partial charge is 0.280 e. The molecule has 1 fully saturated rings. The Balaban J connectivity index is 0.000000236. The zero-order valence-corrected chi connectivity index (χ0v) is 27.5. The number of oxime groups is 2. The second-order valence-electron chi connectivity index (χ2n) is 9.38. The van der Waals surface area contributed by atoms with Gasteiger partial charge in [-0.15, -0.1) is 4.99 Å². The number of thioether (sulfide) groups is 1. The molecular weight excluding hydrogens is 686 g/mol. The summed E-state index contributed by atoms with van der Waals surface area (Å²) in [7, 11) is 1.37. The molecule has 1 saturated heterocycles.